The first kappa shape index (κ1) is 20.9. The summed E-state index contributed by atoms with van der Waals surface area (Å²) in [6.45, 7) is 6.18. The summed E-state index contributed by atoms with van der Waals surface area (Å²) in [7, 11) is 0. The van der Waals surface area contributed by atoms with Crippen LogP contribution in [-0.2, 0) is 24.3 Å². The van der Waals surface area contributed by atoms with E-state index in [0.717, 1.165) is 46.2 Å². The average Bonchev–Trinajstić information content (AvgIpc) is 3.37. The fourth-order valence-corrected chi connectivity index (χ4v) is 5.98. The number of benzene rings is 1. The summed E-state index contributed by atoms with van der Waals surface area (Å²) in [6, 6.07) is 10.2. The molecule has 1 amide bonds. The van der Waals surface area contributed by atoms with Gasteiger partial charge in [-0.1, -0.05) is 0 Å². The molecule has 1 aromatic carbocycles. The van der Waals surface area contributed by atoms with E-state index in [-0.39, 0.29) is 17.9 Å². The number of nitrogens with one attached hydrogen (secondary N) is 1. The highest BCUT2D eigenvalue weighted by Gasteiger charge is 2.17. The van der Waals surface area contributed by atoms with E-state index in [2.05, 4.69) is 38.8 Å². The molecule has 6 nitrogen and oxygen atoms in total. The first-order valence-corrected chi connectivity index (χ1v) is 12.3. The molecule has 4 aromatic rings. The van der Waals surface area contributed by atoms with Gasteiger partial charge in [0.15, 0.2) is 0 Å². The van der Waals surface area contributed by atoms with Crippen LogP contribution in [-0.4, -0.2) is 22.0 Å². The standard InChI is InChI=1S/C24H24N4O2S2/c1-15-16(2)32-23-22(15)24(30)28(14-25-23)11-8-21(29)26-18-3-5-19(6-4-18)27-10-7-20-17(13-27)9-12-31-20/h3-6,9,12,14H,7-8,10-11,13H2,1-2H3,(H,26,29). The number of hydrogen-bond acceptors (Lipinski definition) is 6. The molecule has 3 aromatic heterocycles. The Morgan fingerprint density at radius 3 is 2.81 bits per heavy atom. The summed E-state index contributed by atoms with van der Waals surface area (Å²) in [4.78, 5) is 35.4. The minimum absolute atomic E-state index is 0.0793. The number of anilines is 2. The average molecular weight is 465 g/mol. The van der Waals surface area contributed by atoms with Crippen LogP contribution in [0.25, 0.3) is 10.2 Å². The molecule has 5 rings (SSSR count). The van der Waals surface area contributed by atoms with Gasteiger partial charge in [-0.05, 0) is 67.1 Å². The summed E-state index contributed by atoms with van der Waals surface area (Å²) >= 11 is 3.37. The van der Waals surface area contributed by atoms with Crippen molar-refractivity contribution in [2.75, 3.05) is 16.8 Å². The van der Waals surface area contributed by atoms with E-state index in [1.54, 1.807) is 6.33 Å². The van der Waals surface area contributed by atoms with Crippen molar-refractivity contribution in [3.63, 3.8) is 0 Å². The Labute approximate surface area is 194 Å². The highest BCUT2D eigenvalue weighted by Crippen LogP contribution is 2.28. The molecular weight excluding hydrogens is 440 g/mol. The SMILES string of the molecule is Cc1sc2ncn(CCC(=O)Nc3ccc(N4CCc5sccc5C4)cc3)c(=O)c2c1C. The van der Waals surface area contributed by atoms with Gasteiger partial charge in [0.1, 0.15) is 4.83 Å². The van der Waals surface area contributed by atoms with Gasteiger partial charge in [0.05, 0.1) is 11.7 Å². The predicted molar refractivity (Wildman–Crippen MR) is 132 cm³/mol. The maximum absolute atomic E-state index is 12.8. The van der Waals surface area contributed by atoms with Crippen LogP contribution < -0.4 is 15.8 Å². The highest BCUT2D eigenvalue weighted by atomic mass is 32.1. The van der Waals surface area contributed by atoms with Crippen molar-refractivity contribution in [2.24, 2.45) is 0 Å². The zero-order chi connectivity index (χ0) is 22.2. The van der Waals surface area contributed by atoms with Crippen LogP contribution in [0.2, 0.25) is 0 Å². The van der Waals surface area contributed by atoms with E-state index < -0.39 is 0 Å². The van der Waals surface area contributed by atoms with Gasteiger partial charge in [-0.3, -0.25) is 14.2 Å². The maximum atomic E-state index is 12.8. The number of rotatable bonds is 5. The lowest BCUT2D eigenvalue weighted by molar-refractivity contribution is -0.116. The molecule has 0 atom stereocenters. The number of thiophene rings is 2. The molecule has 0 fully saturated rings. The second-order valence-electron chi connectivity index (χ2n) is 8.09. The maximum Gasteiger partial charge on any atom is 0.262 e. The van der Waals surface area contributed by atoms with Crippen molar-refractivity contribution in [1.29, 1.82) is 0 Å². The summed E-state index contributed by atoms with van der Waals surface area (Å²) in [5.74, 6) is -0.121. The van der Waals surface area contributed by atoms with Gasteiger partial charge >= 0.3 is 0 Å². The third kappa shape index (κ3) is 3.96. The monoisotopic (exact) mass is 464 g/mol. The first-order chi connectivity index (χ1) is 15.5. The Hall–Kier alpha value is -2.97. The van der Waals surface area contributed by atoms with Gasteiger partial charge in [0, 0.05) is 47.2 Å². The van der Waals surface area contributed by atoms with Crippen LogP contribution >= 0.6 is 22.7 Å². The molecule has 0 aliphatic carbocycles. The van der Waals surface area contributed by atoms with E-state index in [0.29, 0.717) is 11.9 Å². The van der Waals surface area contributed by atoms with Gasteiger partial charge < -0.3 is 10.2 Å². The number of fused-ring (bicyclic) bond motifs is 2. The van der Waals surface area contributed by atoms with Gasteiger partial charge in [-0.15, -0.1) is 22.7 Å². The molecule has 0 saturated heterocycles. The van der Waals surface area contributed by atoms with Crippen LogP contribution in [0.4, 0.5) is 11.4 Å². The van der Waals surface area contributed by atoms with E-state index in [9.17, 15) is 9.59 Å². The Bertz CT molecular complexity index is 1350. The third-order valence-corrected chi connectivity index (χ3v) is 8.20. The molecular formula is C24H24N4O2S2. The molecule has 0 saturated carbocycles. The number of nitrogens with zero attached hydrogens (tertiary/aromatic N) is 3. The molecule has 0 radical (unpaired) electrons. The quantitative estimate of drug-likeness (QED) is 0.464. The fourth-order valence-electron chi connectivity index (χ4n) is 4.10. The minimum Gasteiger partial charge on any atom is -0.367 e. The first-order valence-electron chi connectivity index (χ1n) is 10.6. The van der Waals surface area contributed by atoms with Crippen LogP contribution in [0, 0.1) is 13.8 Å². The molecule has 0 spiro atoms. The zero-order valence-corrected chi connectivity index (χ0v) is 19.7. The molecule has 1 N–H and O–H groups in total. The number of carbonyl (C=O) groups excluding carboxylic acids is 1. The van der Waals surface area contributed by atoms with Crippen molar-refractivity contribution >= 4 is 50.2 Å². The topological polar surface area (TPSA) is 67.2 Å². The van der Waals surface area contributed by atoms with Crippen LogP contribution in [0.3, 0.4) is 0 Å². The number of aromatic nitrogens is 2. The van der Waals surface area contributed by atoms with Crippen LogP contribution in [0.1, 0.15) is 27.3 Å². The lowest BCUT2D eigenvalue weighted by atomic mass is 10.1. The van der Waals surface area contributed by atoms with Crippen LogP contribution in [0.5, 0.6) is 0 Å². The smallest absolute Gasteiger partial charge is 0.262 e. The van der Waals surface area contributed by atoms with Gasteiger partial charge in [-0.2, -0.15) is 0 Å². The van der Waals surface area contributed by atoms with Crippen molar-refractivity contribution in [3.05, 3.63) is 73.3 Å². The van der Waals surface area contributed by atoms with Gasteiger partial charge in [0.25, 0.3) is 5.56 Å². The van der Waals surface area contributed by atoms with Gasteiger partial charge in [-0.25, -0.2) is 4.98 Å². The number of aryl methyl sites for hydroxylation is 3. The fraction of sp³-hybridized carbons (Fsp3) is 0.292. The summed E-state index contributed by atoms with van der Waals surface area (Å²) in [5, 5.41) is 5.77. The second kappa shape index (κ2) is 8.52. The lowest BCUT2D eigenvalue weighted by Gasteiger charge is -2.29. The molecule has 0 unspecified atom stereocenters. The Balaban J connectivity index is 1.21. The zero-order valence-electron chi connectivity index (χ0n) is 18.1. The molecule has 4 heterocycles. The molecule has 0 bridgehead atoms. The minimum atomic E-state index is -0.121. The number of hydrogen-bond donors (Lipinski definition) is 1. The molecule has 1 aliphatic rings. The lowest BCUT2D eigenvalue weighted by Crippen LogP contribution is -2.29. The Morgan fingerprint density at radius 2 is 2.00 bits per heavy atom. The van der Waals surface area contributed by atoms with Crippen molar-refractivity contribution in [2.45, 2.75) is 39.8 Å². The summed E-state index contributed by atoms with van der Waals surface area (Å²) in [6.07, 6.45) is 2.83. The Kier molecular flexibility index (Phi) is 5.57. The largest absolute Gasteiger partial charge is 0.367 e. The van der Waals surface area contributed by atoms with Crippen molar-refractivity contribution in [1.82, 2.24) is 9.55 Å². The van der Waals surface area contributed by atoms with E-state index >= 15 is 0 Å². The molecule has 32 heavy (non-hydrogen) atoms. The van der Waals surface area contributed by atoms with E-state index in [1.165, 1.54) is 26.3 Å². The Morgan fingerprint density at radius 1 is 1.19 bits per heavy atom. The van der Waals surface area contributed by atoms with E-state index in [1.807, 2.05) is 37.3 Å². The molecule has 1 aliphatic heterocycles. The normalized spacial score (nSPS) is 13.4. The summed E-state index contributed by atoms with van der Waals surface area (Å²) in [5.41, 5.74) is 4.23. The molecule has 164 valence electrons. The highest BCUT2D eigenvalue weighted by molar-refractivity contribution is 7.18. The molecule has 8 heteroatoms. The van der Waals surface area contributed by atoms with E-state index in [4.69, 9.17) is 0 Å². The predicted octanol–water partition coefficient (Wildman–Crippen LogP) is 4.73. The number of amides is 1. The number of carbonyl (C=O) groups is 1. The second-order valence-corrected chi connectivity index (χ2v) is 10.3. The van der Waals surface area contributed by atoms with Gasteiger partial charge in [0.2, 0.25) is 5.91 Å². The van der Waals surface area contributed by atoms with Crippen molar-refractivity contribution in [3.8, 4) is 0 Å². The summed E-state index contributed by atoms with van der Waals surface area (Å²) < 4.78 is 1.53. The van der Waals surface area contributed by atoms with Crippen LogP contribution in [0.15, 0.2) is 46.8 Å². The van der Waals surface area contributed by atoms with Crippen molar-refractivity contribution < 1.29 is 4.79 Å². The third-order valence-electron chi connectivity index (χ3n) is 6.06.